The molecular formula is C16H9N3O. The van der Waals surface area contributed by atoms with Gasteiger partial charge in [0.05, 0.1) is 16.6 Å². The van der Waals surface area contributed by atoms with Crippen LogP contribution in [0.25, 0.3) is 44.0 Å². The standard InChI is InChI=1S/C16H9N3O/c1-2-4-14-9(3-1)10-7-11-12(19-16(10)20-14)5-6-13-15(11)18-8-17-13/h1-8,19H. The van der Waals surface area contributed by atoms with Gasteiger partial charge in [-0.25, -0.2) is 9.97 Å². The number of aromatic nitrogens is 3. The second kappa shape index (κ2) is 3.36. The van der Waals surface area contributed by atoms with Gasteiger partial charge in [-0.2, -0.15) is 0 Å². The van der Waals surface area contributed by atoms with Gasteiger partial charge in [-0.1, -0.05) is 18.2 Å². The Hall–Kier alpha value is -2.88. The number of hydrogen-bond donors (Lipinski definition) is 1. The van der Waals surface area contributed by atoms with Crippen LogP contribution in [0.1, 0.15) is 0 Å². The lowest BCUT2D eigenvalue weighted by Crippen LogP contribution is -1.81. The van der Waals surface area contributed by atoms with Crippen LogP contribution >= 0.6 is 0 Å². The van der Waals surface area contributed by atoms with Crippen molar-refractivity contribution in [1.82, 2.24) is 15.0 Å². The minimum absolute atomic E-state index is 0.789. The summed E-state index contributed by atoms with van der Waals surface area (Å²) in [4.78, 5) is 12.0. The van der Waals surface area contributed by atoms with Gasteiger partial charge in [0.15, 0.2) is 0 Å². The summed E-state index contributed by atoms with van der Waals surface area (Å²) < 4.78 is 5.86. The van der Waals surface area contributed by atoms with E-state index in [1.54, 1.807) is 6.33 Å². The van der Waals surface area contributed by atoms with Crippen molar-refractivity contribution < 1.29 is 4.42 Å². The van der Waals surface area contributed by atoms with Crippen LogP contribution in [0.4, 0.5) is 0 Å². The SMILES string of the molecule is c1ccc2c(c1)oc1[nH]c3ccc4ncnc4c3cc12. The lowest BCUT2D eigenvalue weighted by molar-refractivity contribution is 0.656. The third-order valence-corrected chi connectivity index (χ3v) is 3.75. The molecule has 2 aromatic carbocycles. The number of imidazole rings is 1. The highest BCUT2D eigenvalue weighted by Crippen LogP contribution is 2.31. The Bertz CT molecular complexity index is 1100. The van der Waals surface area contributed by atoms with Crippen LogP contribution in [0, 0.1) is 0 Å². The molecule has 0 radical (unpaired) electrons. The number of H-pyrrole nitrogens is 1. The Labute approximate surface area is 113 Å². The van der Waals surface area contributed by atoms with Gasteiger partial charge in [-0.05, 0) is 24.3 Å². The molecule has 0 aliphatic rings. The molecule has 0 amide bonds. The normalized spacial score (nSPS) is 12.0. The maximum absolute atomic E-state index is 5.86. The highest BCUT2D eigenvalue weighted by Gasteiger charge is 2.10. The minimum atomic E-state index is 0.789. The van der Waals surface area contributed by atoms with Gasteiger partial charge in [-0.3, -0.25) is 0 Å². The molecule has 4 nitrogen and oxygen atoms in total. The lowest BCUT2D eigenvalue weighted by Gasteiger charge is -1.99. The summed E-state index contributed by atoms with van der Waals surface area (Å²) >= 11 is 0. The molecule has 0 saturated carbocycles. The van der Waals surface area contributed by atoms with Gasteiger partial charge in [0, 0.05) is 16.2 Å². The zero-order chi connectivity index (χ0) is 13.1. The summed E-state index contributed by atoms with van der Waals surface area (Å²) in [6.07, 6.45) is 1.60. The van der Waals surface area contributed by atoms with Crippen molar-refractivity contribution in [3.8, 4) is 0 Å². The average molecular weight is 259 g/mol. The average Bonchev–Trinajstić information content (AvgIpc) is 3.09. The second-order valence-electron chi connectivity index (χ2n) is 4.88. The highest BCUT2D eigenvalue weighted by molar-refractivity contribution is 6.12. The third-order valence-electron chi connectivity index (χ3n) is 3.75. The van der Waals surface area contributed by atoms with Gasteiger partial charge >= 0.3 is 0 Å². The van der Waals surface area contributed by atoms with Crippen LogP contribution in [0.15, 0.2) is 53.2 Å². The first-order valence-electron chi connectivity index (χ1n) is 6.44. The zero-order valence-corrected chi connectivity index (χ0v) is 10.4. The van der Waals surface area contributed by atoms with Crippen molar-refractivity contribution in [3.63, 3.8) is 0 Å². The van der Waals surface area contributed by atoms with E-state index in [4.69, 9.17) is 4.42 Å². The summed E-state index contributed by atoms with van der Waals surface area (Å²) in [6.45, 7) is 0. The Kier molecular flexibility index (Phi) is 1.68. The molecule has 5 rings (SSSR count). The molecule has 0 spiro atoms. The number of rotatable bonds is 0. The number of aromatic amines is 1. The fourth-order valence-electron chi connectivity index (χ4n) is 2.81. The second-order valence-corrected chi connectivity index (χ2v) is 4.88. The van der Waals surface area contributed by atoms with E-state index in [0.717, 1.165) is 44.0 Å². The molecule has 94 valence electrons. The largest absolute Gasteiger partial charge is 0.440 e. The molecule has 0 unspecified atom stereocenters. The molecule has 0 saturated heterocycles. The summed E-state index contributed by atoms with van der Waals surface area (Å²) in [6, 6.07) is 14.2. The van der Waals surface area contributed by atoms with Crippen LogP contribution in [-0.2, 0) is 0 Å². The number of nitrogens with zero attached hydrogens (tertiary/aromatic N) is 2. The van der Waals surface area contributed by atoms with Crippen molar-refractivity contribution >= 4 is 44.0 Å². The van der Waals surface area contributed by atoms with Crippen molar-refractivity contribution in [2.45, 2.75) is 0 Å². The maximum atomic E-state index is 5.86. The number of nitrogens with one attached hydrogen (secondary N) is 1. The topological polar surface area (TPSA) is 54.7 Å². The van der Waals surface area contributed by atoms with Crippen LogP contribution in [0.2, 0.25) is 0 Å². The van der Waals surface area contributed by atoms with E-state index in [-0.39, 0.29) is 0 Å². The molecule has 3 heterocycles. The van der Waals surface area contributed by atoms with Crippen LogP contribution in [0.3, 0.4) is 0 Å². The molecule has 0 aliphatic carbocycles. The fourth-order valence-corrected chi connectivity index (χ4v) is 2.81. The van der Waals surface area contributed by atoms with Gasteiger partial charge in [0.1, 0.15) is 11.9 Å². The highest BCUT2D eigenvalue weighted by atomic mass is 16.3. The monoisotopic (exact) mass is 259 g/mol. The van der Waals surface area contributed by atoms with E-state index in [2.05, 4.69) is 27.1 Å². The molecule has 5 aromatic rings. The Morgan fingerprint density at radius 3 is 2.85 bits per heavy atom. The molecule has 4 heteroatoms. The summed E-state index contributed by atoms with van der Waals surface area (Å²) in [5, 5.41) is 3.25. The number of fused-ring (bicyclic) bond motifs is 6. The molecule has 20 heavy (non-hydrogen) atoms. The van der Waals surface area contributed by atoms with E-state index < -0.39 is 0 Å². The van der Waals surface area contributed by atoms with Gasteiger partial charge < -0.3 is 9.40 Å². The summed E-state index contributed by atoms with van der Waals surface area (Å²) in [7, 11) is 0. The first-order chi connectivity index (χ1) is 9.90. The molecule has 0 atom stereocenters. The van der Waals surface area contributed by atoms with Crippen molar-refractivity contribution in [1.29, 1.82) is 0 Å². The van der Waals surface area contributed by atoms with Gasteiger partial charge in [-0.15, -0.1) is 0 Å². The number of para-hydroxylation sites is 1. The number of hydrogen-bond acceptors (Lipinski definition) is 3. The zero-order valence-electron chi connectivity index (χ0n) is 10.4. The smallest absolute Gasteiger partial charge is 0.205 e. The van der Waals surface area contributed by atoms with Gasteiger partial charge in [0.2, 0.25) is 5.71 Å². The van der Waals surface area contributed by atoms with E-state index >= 15 is 0 Å². The Balaban J connectivity index is 2.08. The quantitative estimate of drug-likeness (QED) is 0.457. The van der Waals surface area contributed by atoms with Crippen molar-refractivity contribution in [2.75, 3.05) is 0 Å². The van der Waals surface area contributed by atoms with E-state index in [1.165, 1.54) is 0 Å². The predicted octanol–water partition coefficient (Wildman–Crippen LogP) is 4.01. The minimum Gasteiger partial charge on any atom is -0.440 e. The van der Waals surface area contributed by atoms with Crippen molar-refractivity contribution in [3.05, 3.63) is 48.8 Å². The maximum Gasteiger partial charge on any atom is 0.205 e. The van der Waals surface area contributed by atoms with E-state index in [0.29, 0.717) is 0 Å². The number of furan rings is 1. The molecule has 0 aliphatic heterocycles. The number of benzene rings is 2. The molecule has 0 bridgehead atoms. The fraction of sp³-hybridized carbons (Fsp3) is 0. The summed E-state index contributed by atoms with van der Waals surface area (Å²) in [5.74, 6) is 0. The number of pyridine rings is 1. The summed E-state index contributed by atoms with van der Waals surface area (Å²) in [5.41, 5.74) is 4.52. The van der Waals surface area contributed by atoms with E-state index in [1.807, 2.05) is 30.3 Å². The van der Waals surface area contributed by atoms with Gasteiger partial charge in [0.25, 0.3) is 0 Å². The molecule has 3 aromatic heterocycles. The van der Waals surface area contributed by atoms with Crippen LogP contribution in [-0.4, -0.2) is 15.0 Å². The molecule has 0 fully saturated rings. The first-order valence-corrected chi connectivity index (χ1v) is 6.44. The third kappa shape index (κ3) is 1.15. The van der Waals surface area contributed by atoms with E-state index in [9.17, 15) is 0 Å². The predicted molar refractivity (Wildman–Crippen MR) is 78.7 cm³/mol. The molecular weight excluding hydrogens is 250 g/mol. The lowest BCUT2D eigenvalue weighted by atomic mass is 10.1. The Morgan fingerprint density at radius 1 is 0.900 bits per heavy atom. The first kappa shape index (κ1) is 9.97. The van der Waals surface area contributed by atoms with Crippen LogP contribution in [0.5, 0.6) is 0 Å². The molecule has 1 N–H and O–H groups in total. The van der Waals surface area contributed by atoms with Crippen molar-refractivity contribution in [2.24, 2.45) is 0 Å². The van der Waals surface area contributed by atoms with Crippen LogP contribution < -0.4 is 0 Å². The Morgan fingerprint density at radius 2 is 1.85 bits per heavy atom.